The summed E-state index contributed by atoms with van der Waals surface area (Å²) in [5.74, 6) is 4.47. The second-order valence-electron chi connectivity index (χ2n) is 3.31. The van der Waals surface area contributed by atoms with Crippen LogP contribution in [0.3, 0.4) is 0 Å². The highest BCUT2D eigenvalue weighted by molar-refractivity contribution is 5.70. The molecule has 0 bridgehead atoms. The molecule has 0 aromatic rings. The number of aliphatic carboxylic acids is 1. The Kier molecular flexibility index (Phi) is 5.62. The molecule has 1 amide bonds. The van der Waals surface area contributed by atoms with Gasteiger partial charge in [-0.25, -0.2) is 15.6 Å². The van der Waals surface area contributed by atoms with Crippen LogP contribution < -0.4 is 5.84 Å². The molecule has 0 unspecified atom stereocenters. The second-order valence-corrected chi connectivity index (χ2v) is 3.31. The first-order chi connectivity index (χ1) is 6.43. The minimum atomic E-state index is -1.00. The Labute approximate surface area is 82.6 Å². The van der Waals surface area contributed by atoms with Gasteiger partial charge in [-0.3, -0.25) is 4.79 Å². The molecule has 0 rings (SSSR count). The van der Waals surface area contributed by atoms with Crippen molar-refractivity contribution in [2.45, 2.75) is 20.3 Å². The SMILES string of the molecule is CC(C)COC(=O)N(N)CCC(=O)O. The van der Waals surface area contributed by atoms with E-state index in [1.54, 1.807) is 0 Å². The summed E-state index contributed by atoms with van der Waals surface area (Å²) in [6.07, 6.45) is -0.882. The summed E-state index contributed by atoms with van der Waals surface area (Å²) in [5, 5.41) is 9.09. The molecule has 0 heterocycles. The van der Waals surface area contributed by atoms with E-state index in [0.29, 0.717) is 0 Å². The number of ether oxygens (including phenoxy) is 1. The Morgan fingerprint density at radius 3 is 2.50 bits per heavy atom. The van der Waals surface area contributed by atoms with Crippen molar-refractivity contribution in [3.8, 4) is 0 Å². The van der Waals surface area contributed by atoms with Crippen molar-refractivity contribution in [1.29, 1.82) is 0 Å². The lowest BCUT2D eigenvalue weighted by Crippen LogP contribution is -2.39. The molecule has 0 saturated carbocycles. The standard InChI is InChI=1S/C8H16N2O4/c1-6(2)5-14-8(13)10(9)4-3-7(11)12/h6H,3-5,9H2,1-2H3,(H,11,12). The number of hydrogen-bond acceptors (Lipinski definition) is 4. The summed E-state index contributed by atoms with van der Waals surface area (Å²) in [6.45, 7) is 4.02. The van der Waals surface area contributed by atoms with Crippen LogP contribution in [0.15, 0.2) is 0 Å². The Hall–Kier alpha value is -1.30. The van der Waals surface area contributed by atoms with Gasteiger partial charge in [0, 0.05) is 0 Å². The van der Waals surface area contributed by atoms with Crippen molar-refractivity contribution >= 4 is 12.1 Å². The van der Waals surface area contributed by atoms with E-state index in [1.807, 2.05) is 13.8 Å². The Morgan fingerprint density at radius 2 is 2.07 bits per heavy atom. The number of rotatable bonds is 5. The molecule has 0 aromatic carbocycles. The van der Waals surface area contributed by atoms with Crippen LogP contribution in [-0.2, 0) is 9.53 Å². The Bertz CT molecular complexity index is 206. The molecule has 3 N–H and O–H groups in total. The van der Waals surface area contributed by atoms with E-state index >= 15 is 0 Å². The number of amides is 1. The largest absolute Gasteiger partial charge is 0.481 e. The third-order valence-electron chi connectivity index (χ3n) is 1.34. The smallest absolute Gasteiger partial charge is 0.424 e. The van der Waals surface area contributed by atoms with E-state index in [-0.39, 0.29) is 25.5 Å². The van der Waals surface area contributed by atoms with E-state index in [4.69, 9.17) is 15.7 Å². The Morgan fingerprint density at radius 1 is 1.50 bits per heavy atom. The van der Waals surface area contributed by atoms with Gasteiger partial charge in [0.2, 0.25) is 0 Å². The van der Waals surface area contributed by atoms with Crippen LogP contribution in [0.25, 0.3) is 0 Å². The van der Waals surface area contributed by atoms with Crippen LogP contribution in [0.4, 0.5) is 4.79 Å². The lowest BCUT2D eigenvalue weighted by Gasteiger charge is -2.16. The highest BCUT2D eigenvalue weighted by atomic mass is 16.6. The zero-order valence-corrected chi connectivity index (χ0v) is 8.40. The number of carboxylic acids is 1. The summed E-state index contributed by atoms with van der Waals surface area (Å²) < 4.78 is 4.77. The molecule has 0 saturated heterocycles. The first-order valence-corrected chi connectivity index (χ1v) is 4.34. The van der Waals surface area contributed by atoms with Crippen molar-refractivity contribution in [2.24, 2.45) is 11.8 Å². The summed E-state index contributed by atoms with van der Waals surface area (Å²) in [4.78, 5) is 21.2. The third kappa shape index (κ3) is 6.24. The van der Waals surface area contributed by atoms with Gasteiger partial charge in [0.15, 0.2) is 0 Å². The van der Waals surface area contributed by atoms with Crippen LogP contribution in [0.2, 0.25) is 0 Å². The number of nitrogens with two attached hydrogens (primary N) is 1. The van der Waals surface area contributed by atoms with Gasteiger partial charge in [-0.15, -0.1) is 0 Å². The molecule has 0 aliphatic rings. The monoisotopic (exact) mass is 204 g/mol. The number of carboxylic acid groups (broad SMARTS) is 1. The molecule has 6 nitrogen and oxygen atoms in total. The van der Waals surface area contributed by atoms with Crippen LogP contribution in [-0.4, -0.2) is 35.3 Å². The Balaban J connectivity index is 3.70. The molecule has 0 aromatic heterocycles. The minimum absolute atomic E-state index is 0.0493. The summed E-state index contributed by atoms with van der Waals surface area (Å²) >= 11 is 0. The maximum absolute atomic E-state index is 11.0. The number of carbonyl (C=O) groups excluding carboxylic acids is 1. The zero-order valence-electron chi connectivity index (χ0n) is 8.40. The van der Waals surface area contributed by atoms with Crippen molar-refractivity contribution in [3.63, 3.8) is 0 Å². The highest BCUT2D eigenvalue weighted by Crippen LogP contribution is 1.96. The molecule has 82 valence electrons. The fourth-order valence-corrected chi connectivity index (χ4v) is 0.628. The van der Waals surface area contributed by atoms with Gasteiger partial charge in [0.05, 0.1) is 19.6 Å². The first-order valence-electron chi connectivity index (χ1n) is 4.34. The van der Waals surface area contributed by atoms with E-state index < -0.39 is 12.1 Å². The van der Waals surface area contributed by atoms with Crippen LogP contribution in [0, 0.1) is 5.92 Å². The number of hydrazine groups is 1. The molecule has 6 heteroatoms. The van der Waals surface area contributed by atoms with E-state index in [0.717, 1.165) is 5.01 Å². The van der Waals surface area contributed by atoms with Gasteiger partial charge in [0.1, 0.15) is 0 Å². The first kappa shape index (κ1) is 12.7. The van der Waals surface area contributed by atoms with Crippen LogP contribution >= 0.6 is 0 Å². The quantitative estimate of drug-likeness (QED) is 0.385. The van der Waals surface area contributed by atoms with Crippen molar-refractivity contribution in [1.82, 2.24) is 5.01 Å². The molecule has 0 fully saturated rings. The average molecular weight is 204 g/mol. The van der Waals surface area contributed by atoms with Gasteiger partial charge < -0.3 is 9.84 Å². The summed E-state index contributed by atoms with van der Waals surface area (Å²) in [7, 11) is 0. The van der Waals surface area contributed by atoms with Gasteiger partial charge in [0.25, 0.3) is 0 Å². The topological polar surface area (TPSA) is 92.9 Å². The molecular weight excluding hydrogens is 188 g/mol. The molecular formula is C8H16N2O4. The third-order valence-corrected chi connectivity index (χ3v) is 1.34. The predicted molar refractivity (Wildman–Crippen MR) is 49.3 cm³/mol. The van der Waals surface area contributed by atoms with Gasteiger partial charge >= 0.3 is 12.1 Å². The van der Waals surface area contributed by atoms with E-state index in [9.17, 15) is 9.59 Å². The normalized spacial score (nSPS) is 10.0. The summed E-state index contributed by atoms with van der Waals surface area (Å²) in [6, 6.07) is 0. The predicted octanol–water partition coefficient (Wildman–Crippen LogP) is 0.429. The molecule has 0 aliphatic carbocycles. The second kappa shape index (κ2) is 6.20. The van der Waals surface area contributed by atoms with Crippen molar-refractivity contribution in [3.05, 3.63) is 0 Å². The van der Waals surface area contributed by atoms with Gasteiger partial charge in [-0.1, -0.05) is 13.8 Å². The number of hydrogen-bond donors (Lipinski definition) is 2. The fourth-order valence-electron chi connectivity index (χ4n) is 0.628. The van der Waals surface area contributed by atoms with Crippen LogP contribution in [0.1, 0.15) is 20.3 Å². The van der Waals surface area contributed by atoms with E-state index in [1.165, 1.54) is 0 Å². The molecule has 0 aliphatic heterocycles. The average Bonchev–Trinajstić information content (AvgIpc) is 2.09. The van der Waals surface area contributed by atoms with Crippen molar-refractivity contribution in [2.75, 3.05) is 13.2 Å². The molecule has 0 spiro atoms. The lowest BCUT2D eigenvalue weighted by atomic mass is 10.2. The number of nitrogens with zero attached hydrogens (tertiary/aromatic N) is 1. The maximum Gasteiger partial charge on any atom is 0.424 e. The number of carbonyl (C=O) groups is 2. The van der Waals surface area contributed by atoms with Gasteiger partial charge in [-0.05, 0) is 5.92 Å². The zero-order chi connectivity index (χ0) is 11.1. The fraction of sp³-hybridized carbons (Fsp3) is 0.750. The lowest BCUT2D eigenvalue weighted by molar-refractivity contribution is -0.137. The highest BCUT2D eigenvalue weighted by Gasteiger charge is 2.12. The minimum Gasteiger partial charge on any atom is -0.481 e. The van der Waals surface area contributed by atoms with Crippen LogP contribution in [0.5, 0.6) is 0 Å². The molecule has 14 heavy (non-hydrogen) atoms. The maximum atomic E-state index is 11.0. The molecule has 0 atom stereocenters. The van der Waals surface area contributed by atoms with Gasteiger partial charge in [-0.2, -0.15) is 0 Å². The molecule has 0 radical (unpaired) electrons. The summed E-state index contributed by atoms with van der Waals surface area (Å²) in [5.41, 5.74) is 0. The van der Waals surface area contributed by atoms with Crippen molar-refractivity contribution < 1.29 is 19.4 Å². The van der Waals surface area contributed by atoms with E-state index in [2.05, 4.69) is 0 Å².